The van der Waals surface area contributed by atoms with Gasteiger partial charge in [-0.15, -0.1) is 0 Å². The third-order valence-corrected chi connectivity index (χ3v) is 5.45. The zero-order valence-electron chi connectivity index (χ0n) is 13.0. The molecule has 0 saturated carbocycles. The van der Waals surface area contributed by atoms with Gasteiger partial charge in [-0.3, -0.25) is 9.36 Å². The summed E-state index contributed by atoms with van der Waals surface area (Å²) in [5.41, 5.74) is 2.38. The second-order valence-corrected chi connectivity index (χ2v) is 7.04. The highest BCUT2D eigenvalue weighted by Gasteiger charge is 2.39. The van der Waals surface area contributed by atoms with E-state index in [0.717, 1.165) is 22.5 Å². The van der Waals surface area contributed by atoms with Crippen molar-refractivity contribution in [2.45, 2.75) is 12.0 Å². The summed E-state index contributed by atoms with van der Waals surface area (Å²) in [4.78, 5) is 16.6. The Labute approximate surface area is 143 Å². The molecule has 122 valence electrons. The van der Waals surface area contributed by atoms with E-state index in [1.54, 1.807) is 18.1 Å². The average molecular weight is 339 g/mol. The van der Waals surface area contributed by atoms with Gasteiger partial charge in [0.1, 0.15) is 6.33 Å². The first-order chi connectivity index (χ1) is 11.7. The molecule has 0 radical (unpaired) electrons. The first kappa shape index (κ1) is 15.2. The molecule has 2 aromatic carbocycles. The molecule has 6 heteroatoms. The molecule has 1 aromatic heterocycles. The molecular formula is C18H17N3O2S. The number of nitrogens with zero attached hydrogens (tertiary/aromatic N) is 2. The number of fused-ring (bicyclic) bond motifs is 1. The maximum Gasteiger partial charge on any atom is 0.257 e. The lowest BCUT2D eigenvalue weighted by Crippen LogP contribution is -2.42. The van der Waals surface area contributed by atoms with Crippen LogP contribution in [0.15, 0.2) is 54.9 Å². The monoisotopic (exact) mass is 339 g/mol. The zero-order chi connectivity index (χ0) is 16.6. The topological polar surface area (TPSA) is 67.2 Å². The summed E-state index contributed by atoms with van der Waals surface area (Å²) in [7, 11) is 0. The molecule has 5 nitrogen and oxygen atoms in total. The van der Waals surface area contributed by atoms with Gasteiger partial charge in [-0.2, -0.15) is 11.8 Å². The maximum atomic E-state index is 12.2. The van der Waals surface area contributed by atoms with Crippen molar-refractivity contribution in [3.05, 3.63) is 54.9 Å². The number of hydrogen-bond donors (Lipinski definition) is 2. The van der Waals surface area contributed by atoms with Crippen LogP contribution >= 0.6 is 11.8 Å². The number of hydrogen-bond acceptors (Lipinski definition) is 4. The summed E-state index contributed by atoms with van der Waals surface area (Å²) in [5, 5.41) is 13.1. The Bertz CT molecular complexity index is 883. The van der Waals surface area contributed by atoms with Gasteiger partial charge < -0.3 is 10.4 Å². The molecule has 0 aliphatic carbocycles. The number of carbonyl (C=O) groups is 1. The van der Waals surface area contributed by atoms with Crippen LogP contribution in [0, 0.1) is 0 Å². The lowest BCUT2D eigenvalue weighted by atomic mass is 10.0. The minimum Gasteiger partial charge on any atom is -0.379 e. The van der Waals surface area contributed by atoms with E-state index < -0.39 is 5.60 Å². The van der Waals surface area contributed by atoms with Gasteiger partial charge in [0.2, 0.25) is 0 Å². The summed E-state index contributed by atoms with van der Waals surface area (Å²) >= 11 is 1.60. The van der Waals surface area contributed by atoms with Crippen molar-refractivity contribution >= 4 is 34.4 Å². The molecule has 2 N–H and O–H groups in total. The first-order valence-corrected chi connectivity index (χ1v) is 8.95. The van der Waals surface area contributed by atoms with E-state index in [9.17, 15) is 9.90 Å². The van der Waals surface area contributed by atoms with Gasteiger partial charge in [0.05, 0.1) is 11.0 Å². The van der Waals surface area contributed by atoms with Crippen molar-refractivity contribution in [3.8, 4) is 5.69 Å². The van der Waals surface area contributed by atoms with E-state index >= 15 is 0 Å². The number of aliphatic hydroxyl groups is 1. The molecule has 4 rings (SSSR count). The number of rotatable bonds is 3. The highest BCUT2D eigenvalue weighted by Crippen LogP contribution is 2.29. The van der Waals surface area contributed by atoms with Crippen LogP contribution in [0.2, 0.25) is 0 Å². The van der Waals surface area contributed by atoms with E-state index in [2.05, 4.69) is 10.3 Å². The normalized spacial score (nSPS) is 20.4. The summed E-state index contributed by atoms with van der Waals surface area (Å²) in [6, 6.07) is 15.5. The highest BCUT2D eigenvalue weighted by atomic mass is 32.2. The third kappa shape index (κ3) is 2.68. The summed E-state index contributed by atoms with van der Waals surface area (Å²) in [6.45, 7) is 0. The molecule has 1 aliphatic rings. The van der Waals surface area contributed by atoms with Crippen LogP contribution in [-0.4, -0.2) is 37.7 Å². The fourth-order valence-electron chi connectivity index (χ4n) is 2.85. The number of benzene rings is 2. The van der Waals surface area contributed by atoms with Gasteiger partial charge in [0, 0.05) is 17.1 Å². The predicted molar refractivity (Wildman–Crippen MR) is 96.6 cm³/mol. The van der Waals surface area contributed by atoms with Gasteiger partial charge in [0.15, 0.2) is 5.60 Å². The number of imidazole rings is 1. The fourth-order valence-corrected chi connectivity index (χ4v) is 4.09. The molecule has 3 aromatic rings. The lowest BCUT2D eigenvalue weighted by molar-refractivity contribution is -0.131. The number of anilines is 1. The second-order valence-electron chi connectivity index (χ2n) is 5.94. The standard InChI is InChI=1S/C18H17N3O2S/c22-17(18(23)9-10-24-11-18)20-13-5-7-14(8-6-13)21-12-19-15-3-1-2-4-16(15)21/h1-8,12,23H,9-11H2,(H,20,22). The predicted octanol–water partition coefficient (Wildman–Crippen LogP) is 2.83. The molecule has 1 amide bonds. The van der Waals surface area contributed by atoms with Gasteiger partial charge in [0.25, 0.3) is 5.91 Å². The second kappa shape index (κ2) is 5.96. The number of para-hydroxylation sites is 2. The van der Waals surface area contributed by atoms with Crippen LogP contribution in [0.1, 0.15) is 6.42 Å². The van der Waals surface area contributed by atoms with Crippen LogP contribution in [-0.2, 0) is 4.79 Å². The third-order valence-electron chi connectivity index (χ3n) is 4.28. The Morgan fingerprint density at radius 3 is 2.75 bits per heavy atom. The first-order valence-electron chi connectivity index (χ1n) is 7.80. The smallest absolute Gasteiger partial charge is 0.257 e. The van der Waals surface area contributed by atoms with Crippen molar-refractivity contribution in [1.29, 1.82) is 0 Å². The summed E-state index contributed by atoms with van der Waals surface area (Å²) in [5.74, 6) is 0.947. The summed E-state index contributed by atoms with van der Waals surface area (Å²) < 4.78 is 2.00. The van der Waals surface area contributed by atoms with Crippen molar-refractivity contribution in [2.24, 2.45) is 0 Å². The van der Waals surface area contributed by atoms with Crippen molar-refractivity contribution < 1.29 is 9.90 Å². The van der Waals surface area contributed by atoms with E-state index in [1.807, 2.05) is 53.1 Å². The molecule has 1 unspecified atom stereocenters. The minimum atomic E-state index is -1.25. The quantitative estimate of drug-likeness (QED) is 0.770. The number of amides is 1. The van der Waals surface area contributed by atoms with Crippen molar-refractivity contribution in [3.63, 3.8) is 0 Å². The molecule has 24 heavy (non-hydrogen) atoms. The Morgan fingerprint density at radius 2 is 2.00 bits per heavy atom. The lowest BCUT2D eigenvalue weighted by Gasteiger charge is -2.20. The number of thioether (sulfide) groups is 1. The molecular weight excluding hydrogens is 322 g/mol. The number of nitrogens with one attached hydrogen (secondary N) is 1. The molecule has 0 bridgehead atoms. The average Bonchev–Trinajstić information content (AvgIpc) is 3.23. The Hall–Kier alpha value is -2.31. The van der Waals surface area contributed by atoms with Crippen molar-refractivity contribution in [2.75, 3.05) is 16.8 Å². The fraction of sp³-hybridized carbons (Fsp3) is 0.222. The maximum absolute atomic E-state index is 12.2. The molecule has 1 saturated heterocycles. The zero-order valence-corrected chi connectivity index (χ0v) is 13.8. The van der Waals surface area contributed by atoms with Crippen LogP contribution in [0.25, 0.3) is 16.7 Å². The SMILES string of the molecule is O=C(Nc1ccc(-n2cnc3ccccc32)cc1)C1(O)CCSC1. The van der Waals surface area contributed by atoms with Gasteiger partial charge in [-0.25, -0.2) is 4.98 Å². The van der Waals surface area contributed by atoms with Crippen LogP contribution < -0.4 is 5.32 Å². The Balaban J connectivity index is 1.56. The van der Waals surface area contributed by atoms with Gasteiger partial charge in [-0.05, 0) is 48.6 Å². The molecule has 0 spiro atoms. The van der Waals surface area contributed by atoms with E-state index in [4.69, 9.17) is 0 Å². The molecule has 1 atom stereocenters. The highest BCUT2D eigenvalue weighted by molar-refractivity contribution is 7.99. The molecule has 1 fully saturated rings. The molecule has 2 heterocycles. The van der Waals surface area contributed by atoms with Gasteiger partial charge >= 0.3 is 0 Å². The van der Waals surface area contributed by atoms with E-state index in [1.165, 1.54) is 0 Å². The van der Waals surface area contributed by atoms with E-state index in [-0.39, 0.29) is 5.91 Å². The van der Waals surface area contributed by atoms with Crippen LogP contribution in [0.5, 0.6) is 0 Å². The molecule has 1 aliphatic heterocycles. The van der Waals surface area contributed by atoms with Crippen LogP contribution in [0.3, 0.4) is 0 Å². The van der Waals surface area contributed by atoms with Gasteiger partial charge in [-0.1, -0.05) is 12.1 Å². The largest absolute Gasteiger partial charge is 0.379 e. The van der Waals surface area contributed by atoms with E-state index in [0.29, 0.717) is 17.9 Å². The Morgan fingerprint density at radius 1 is 1.21 bits per heavy atom. The summed E-state index contributed by atoms with van der Waals surface area (Å²) in [6.07, 6.45) is 2.29. The number of carbonyl (C=O) groups excluding carboxylic acids is 1. The minimum absolute atomic E-state index is 0.326. The van der Waals surface area contributed by atoms with Crippen molar-refractivity contribution in [1.82, 2.24) is 9.55 Å². The Kier molecular flexibility index (Phi) is 3.78. The number of aromatic nitrogens is 2. The van der Waals surface area contributed by atoms with Crippen LogP contribution in [0.4, 0.5) is 5.69 Å².